The van der Waals surface area contributed by atoms with Gasteiger partial charge < -0.3 is 0 Å². The predicted octanol–water partition coefficient (Wildman–Crippen LogP) is 4.02. The Labute approximate surface area is 145 Å². The van der Waals surface area contributed by atoms with Crippen LogP contribution in [0.1, 0.15) is 6.92 Å². The number of rotatable bonds is 5. The first-order valence-corrected chi connectivity index (χ1v) is 9.27. The third-order valence-electron chi connectivity index (χ3n) is 3.53. The van der Waals surface area contributed by atoms with Crippen LogP contribution in [0.2, 0.25) is 5.02 Å². The predicted molar refractivity (Wildman–Crippen MR) is 95.6 cm³/mol. The second kappa shape index (κ2) is 6.67. The van der Waals surface area contributed by atoms with Gasteiger partial charge in [-0.15, -0.1) is 0 Å². The topological polar surface area (TPSA) is 64.0 Å². The van der Waals surface area contributed by atoms with Crippen molar-refractivity contribution in [2.24, 2.45) is 0 Å². The van der Waals surface area contributed by atoms with Crippen molar-refractivity contribution >= 4 is 27.4 Å². The fourth-order valence-electron chi connectivity index (χ4n) is 2.29. The van der Waals surface area contributed by atoms with Crippen LogP contribution in [-0.4, -0.2) is 18.2 Å². The summed E-state index contributed by atoms with van der Waals surface area (Å²) in [5.74, 6) is 0.294. The Morgan fingerprint density at radius 2 is 1.75 bits per heavy atom. The Balaban J connectivity index is 2.02. The van der Waals surface area contributed by atoms with E-state index in [-0.39, 0.29) is 4.90 Å². The number of aryl methyl sites for hydroxylation is 1. The highest BCUT2D eigenvalue weighted by atomic mass is 35.5. The lowest BCUT2D eigenvalue weighted by molar-refractivity contribution is 0.600. The number of nitrogens with zero attached hydrogens (tertiary/aromatic N) is 2. The average Bonchev–Trinajstić information content (AvgIpc) is 2.98. The van der Waals surface area contributed by atoms with Gasteiger partial charge in [-0.3, -0.25) is 9.40 Å². The quantitative estimate of drug-likeness (QED) is 0.746. The fourth-order valence-corrected chi connectivity index (χ4v) is 3.45. The molecular formula is C17H16ClN3O2S. The molecule has 3 aromatic rings. The molecule has 124 valence electrons. The van der Waals surface area contributed by atoms with E-state index in [1.807, 2.05) is 25.3 Å². The molecule has 1 aromatic heterocycles. The minimum absolute atomic E-state index is 0.193. The van der Waals surface area contributed by atoms with Crippen molar-refractivity contribution in [1.82, 2.24) is 9.78 Å². The first-order valence-electron chi connectivity index (χ1n) is 7.41. The number of hydrogen-bond acceptors (Lipinski definition) is 3. The highest BCUT2D eigenvalue weighted by molar-refractivity contribution is 7.92. The van der Waals surface area contributed by atoms with E-state index in [0.717, 1.165) is 5.56 Å². The summed E-state index contributed by atoms with van der Waals surface area (Å²) < 4.78 is 29.4. The zero-order chi connectivity index (χ0) is 17.2. The van der Waals surface area contributed by atoms with Crippen molar-refractivity contribution in [3.63, 3.8) is 0 Å². The molecule has 0 spiro atoms. The summed E-state index contributed by atoms with van der Waals surface area (Å²) in [6.07, 6.45) is 1.81. The molecule has 0 radical (unpaired) electrons. The molecule has 2 aromatic carbocycles. The van der Waals surface area contributed by atoms with Crippen molar-refractivity contribution in [2.75, 3.05) is 4.72 Å². The van der Waals surface area contributed by atoms with Gasteiger partial charge >= 0.3 is 0 Å². The molecule has 0 amide bonds. The van der Waals surface area contributed by atoms with Crippen LogP contribution >= 0.6 is 11.6 Å². The maximum Gasteiger partial charge on any atom is 0.263 e. The van der Waals surface area contributed by atoms with Crippen LogP contribution in [0.5, 0.6) is 0 Å². The number of hydrogen-bond donors (Lipinski definition) is 1. The second-order valence-electron chi connectivity index (χ2n) is 5.17. The van der Waals surface area contributed by atoms with Gasteiger partial charge in [-0.05, 0) is 36.8 Å². The zero-order valence-electron chi connectivity index (χ0n) is 13.0. The van der Waals surface area contributed by atoms with E-state index in [0.29, 0.717) is 22.9 Å². The van der Waals surface area contributed by atoms with E-state index < -0.39 is 10.0 Å². The van der Waals surface area contributed by atoms with Gasteiger partial charge in [0.05, 0.1) is 4.90 Å². The summed E-state index contributed by atoms with van der Waals surface area (Å²) in [4.78, 5) is 0.193. The molecule has 0 unspecified atom stereocenters. The van der Waals surface area contributed by atoms with Crippen LogP contribution in [0, 0.1) is 0 Å². The lowest BCUT2D eigenvalue weighted by atomic mass is 10.1. The van der Waals surface area contributed by atoms with Gasteiger partial charge in [0.25, 0.3) is 10.0 Å². The Kier molecular flexibility index (Phi) is 4.59. The maximum atomic E-state index is 12.6. The lowest BCUT2D eigenvalue weighted by Crippen LogP contribution is -2.14. The summed E-state index contributed by atoms with van der Waals surface area (Å²) >= 11 is 5.93. The number of sulfonamides is 1. The number of benzene rings is 2. The monoisotopic (exact) mass is 361 g/mol. The molecule has 0 bridgehead atoms. The van der Waals surface area contributed by atoms with Crippen LogP contribution in [0.3, 0.4) is 0 Å². The van der Waals surface area contributed by atoms with Crippen LogP contribution < -0.4 is 4.72 Å². The van der Waals surface area contributed by atoms with Gasteiger partial charge in [0.1, 0.15) is 0 Å². The van der Waals surface area contributed by atoms with E-state index in [1.54, 1.807) is 47.1 Å². The number of aromatic nitrogens is 2. The highest BCUT2D eigenvalue weighted by Gasteiger charge is 2.19. The number of anilines is 1. The molecule has 7 heteroatoms. The van der Waals surface area contributed by atoms with Crippen LogP contribution in [0.4, 0.5) is 5.82 Å². The van der Waals surface area contributed by atoms with Crippen molar-refractivity contribution in [1.29, 1.82) is 0 Å². The van der Waals surface area contributed by atoms with Gasteiger partial charge in [-0.25, -0.2) is 8.42 Å². The molecule has 0 saturated heterocycles. The molecule has 1 heterocycles. The van der Waals surface area contributed by atoms with E-state index in [2.05, 4.69) is 9.82 Å². The lowest BCUT2D eigenvalue weighted by Gasteiger charge is -2.07. The summed E-state index contributed by atoms with van der Waals surface area (Å²) in [6, 6.07) is 15.4. The molecular weight excluding hydrogens is 346 g/mol. The molecule has 24 heavy (non-hydrogen) atoms. The zero-order valence-corrected chi connectivity index (χ0v) is 14.6. The van der Waals surface area contributed by atoms with E-state index in [1.165, 1.54) is 0 Å². The standard InChI is InChI=1S/C17H16ClN3O2S/c1-2-21-12-16(13-8-10-14(18)11-9-13)17(19-21)20-24(22,23)15-6-4-3-5-7-15/h3-12H,2H2,1H3,(H,19,20). The minimum atomic E-state index is -3.70. The van der Waals surface area contributed by atoms with Crippen LogP contribution in [-0.2, 0) is 16.6 Å². The third-order valence-corrected chi connectivity index (χ3v) is 5.13. The van der Waals surface area contributed by atoms with E-state index >= 15 is 0 Å². The third kappa shape index (κ3) is 3.44. The molecule has 0 aliphatic rings. The molecule has 0 aliphatic heterocycles. The fraction of sp³-hybridized carbons (Fsp3) is 0.118. The molecule has 5 nitrogen and oxygen atoms in total. The molecule has 1 N–H and O–H groups in total. The number of nitrogens with one attached hydrogen (secondary N) is 1. The normalized spacial score (nSPS) is 11.4. The largest absolute Gasteiger partial charge is 0.270 e. The summed E-state index contributed by atoms with van der Waals surface area (Å²) in [5.41, 5.74) is 1.54. The van der Waals surface area contributed by atoms with Gasteiger partial charge in [-0.1, -0.05) is 41.9 Å². The van der Waals surface area contributed by atoms with Crippen molar-refractivity contribution in [3.8, 4) is 11.1 Å². The van der Waals surface area contributed by atoms with Gasteiger partial charge in [-0.2, -0.15) is 5.10 Å². The van der Waals surface area contributed by atoms with Crippen LogP contribution in [0.25, 0.3) is 11.1 Å². The van der Waals surface area contributed by atoms with E-state index in [4.69, 9.17) is 11.6 Å². The van der Waals surface area contributed by atoms with Crippen molar-refractivity contribution < 1.29 is 8.42 Å². The Hall–Kier alpha value is -2.31. The smallest absolute Gasteiger partial charge is 0.263 e. The molecule has 0 fully saturated rings. The van der Waals surface area contributed by atoms with Gasteiger partial charge in [0, 0.05) is 23.3 Å². The second-order valence-corrected chi connectivity index (χ2v) is 7.29. The molecule has 0 saturated carbocycles. The SMILES string of the molecule is CCn1cc(-c2ccc(Cl)cc2)c(NS(=O)(=O)c2ccccc2)n1. The first-order chi connectivity index (χ1) is 11.5. The van der Waals surface area contributed by atoms with Gasteiger partial charge in [0.15, 0.2) is 5.82 Å². The summed E-state index contributed by atoms with van der Waals surface area (Å²) in [6.45, 7) is 2.57. The average molecular weight is 362 g/mol. The van der Waals surface area contributed by atoms with Crippen LogP contribution in [0.15, 0.2) is 65.7 Å². The number of halogens is 1. The minimum Gasteiger partial charge on any atom is -0.270 e. The Bertz CT molecular complexity index is 936. The van der Waals surface area contributed by atoms with Crippen molar-refractivity contribution in [3.05, 3.63) is 65.8 Å². The Morgan fingerprint density at radius 3 is 2.38 bits per heavy atom. The molecule has 0 aliphatic carbocycles. The molecule has 3 rings (SSSR count). The van der Waals surface area contributed by atoms with Gasteiger partial charge in [0.2, 0.25) is 0 Å². The summed E-state index contributed by atoms with van der Waals surface area (Å²) in [5, 5.41) is 4.95. The molecule has 0 atom stereocenters. The first kappa shape index (κ1) is 16.5. The Morgan fingerprint density at radius 1 is 1.08 bits per heavy atom. The maximum absolute atomic E-state index is 12.6. The highest BCUT2D eigenvalue weighted by Crippen LogP contribution is 2.29. The van der Waals surface area contributed by atoms with E-state index in [9.17, 15) is 8.42 Å². The summed E-state index contributed by atoms with van der Waals surface area (Å²) in [7, 11) is -3.70. The van der Waals surface area contributed by atoms with Crippen molar-refractivity contribution in [2.45, 2.75) is 18.4 Å².